The van der Waals surface area contributed by atoms with Crippen LogP contribution < -0.4 is 10.6 Å². The summed E-state index contributed by atoms with van der Waals surface area (Å²) in [4.78, 5) is 45.0. The second-order valence-corrected chi connectivity index (χ2v) is 10.8. The number of aliphatic hydroxyl groups excluding tert-OH is 2. The number of benzene rings is 1. The lowest BCUT2D eigenvalue weighted by molar-refractivity contribution is -0.161. The van der Waals surface area contributed by atoms with Gasteiger partial charge >= 0.3 is 0 Å². The molecule has 0 spiro atoms. The van der Waals surface area contributed by atoms with E-state index in [0.717, 1.165) is 5.69 Å². The summed E-state index contributed by atoms with van der Waals surface area (Å²) in [5, 5.41) is 45.2. The molecule has 11 heteroatoms. The third-order valence-corrected chi connectivity index (χ3v) is 7.92. The van der Waals surface area contributed by atoms with Crippen LogP contribution in [0.25, 0.3) is 5.76 Å². The van der Waals surface area contributed by atoms with Gasteiger partial charge in [-0.25, -0.2) is 0 Å². The molecule has 3 aliphatic rings. The zero-order chi connectivity index (χ0) is 27.7. The second-order valence-electron chi connectivity index (χ2n) is 10.8. The molecular weight excluding hydrogens is 480 g/mol. The first kappa shape index (κ1) is 26.6. The van der Waals surface area contributed by atoms with Crippen LogP contribution in [-0.2, 0) is 20.8 Å². The standard InChI is InChI=1S/C26H34N4O7/c1-28(2)10-13-11-9-12-14(29(3)4)7-8-15(31)16(12)21(32)17(11)23(34)26(37)19(13)20(30(5)6)22(33)18(24(26)35)25(27)36/h7-8,11,13,19-20,31-32,35,37H,9-10H2,1-6H3,(H2,27,36)/t11-,13+,19-,20-,26-/m0/s1. The first-order valence-corrected chi connectivity index (χ1v) is 12.0. The number of ketones is 2. The van der Waals surface area contributed by atoms with Crippen LogP contribution in [0.2, 0.25) is 0 Å². The maximum atomic E-state index is 14.1. The number of phenols is 1. The van der Waals surface area contributed by atoms with Crippen LogP contribution in [0.4, 0.5) is 5.69 Å². The van der Waals surface area contributed by atoms with Gasteiger partial charge in [0.2, 0.25) is 5.78 Å². The molecule has 0 aromatic heterocycles. The van der Waals surface area contributed by atoms with Crippen molar-refractivity contribution in [2.45, 2.75) is 18.1 Å². The summed E-state index contributed by atoms with van der Waals surface area (Å²) in [6, 6.07) is 1.98. The smallest absolute Gasteiger partial charge is 0.255 e. The fraction of sp³-hybridized carbons (Fsp3) is 0.500. The molecule has 11 nitrogen and oxygen atoms in total. The van der Waals surface area contributed by atoms with Crippen LogP contribution in [-0.4, -0.2) is 108 Å². The lowest BCUT2D eigenvalue weighted by Gasteiger charge is -2.54. The monoisotopic (exact) mass is 514 g/mol. The molecule has 5 atom stereocenters. The Morgan fingerprint density at radius 3 is 2.22 bits per heavy atom. The van der Waals surface area contributed by atoms with Crippen molar-refractivity contribution in [1.29, 1.82) is 0 Å². The fourth-order valence-corrected chi connectivity index (χ4v) is 6.51. The number of hydrogen-bond acceptors (Lipinski definition) is 10. The molecule has 37 heavy (non-hydrogen) atoms. The van der Waals surface area contributed by atoms with Gasteiger partial charge in [0.25, 0.3) is 5.91 Å². The van der Waals surface area contributed by atoms with Gasteiger partial charge in [0.15, 0.2) is 11.4 Å². The van der Waals surface area contributed by atoms with Gasteiger partial charge in [-0.2, -0.15) is 0 Å². The predicted molar refractivity (Wildman–Crippen MR) is 136 cm³/mol. The van der Waals surface area contributed by atoms with Crippen molar-refractivity contribution in [3.05, 3.63) is 40.2 Å². The highest BCUT2D eigenvalue weighted by Gasteiger charge is 2.67. The summed E-state index contributed by atoms with van der Waals surface area (Å²) in [5.74, 6) is -7.35. The number of anilines is 1. The SMILES string of the molecule is CN(C)C[C@H]1[C@H]2[C@H](N(C)C)C(=O)C(C(N)=O)=C(O)[C@@]2(O)C(=O)C2=C(O)c3c(O)ccc(N(C)C)c3C[C@H]21. The minimum absolute atomic E-state index is 0.0751. The van der Waals surface area contributed by atoms with Crippen LogP contribution in [0.3, 0.4) is 0 Å². The topological polar surface area (TPSA) is 168 Å². The highest BCUT2D eigenvalue weighted by molar-refractivity contribution is 6.24. The summed E-state index contributed by atoms with van der Waals surface area (Å²) in [7, 11) is 10.4. The van der Waals surface area contributed by atoms with Gasteiger partial charge in [-0.3, -0.25) is 19.3 Å². The number of aliphatic hydroxyl groups is 3. The van der Waals surface area contributed by atoms with Gasteiger partial charge < -0.3 is 36.0 Å². The van der Waals surface area contributed by atoms with Crippen LogP contribution in [0.1, 0.15) is 11.1 Å². The summed E-state index contributed by atoms with van der Waals surface area (Å²) < 4.78 is 0. The van der Waals surface area contributed by atoms with Crippen LogP contribution >= 0.6 is 0 Å². The Bertz CT molecular complexity index is 1270. The number of carbonyl (C=O) groups is 3. The van der Waals surface area contributed by atoms with Crippen molar-refractivity contribution >= 4 is 28.9 Å². The van der Waals surface area contributed by atoms with Crippen molar-refractivity contribution in [2.75, 3.05) is 53.7 Å². The Morgan fingerprint density at radius 2 is 1.70 bits per heavy atom. The molecule has 0 saturated heterocycles. The van der Waals surface area contributed by atoms with E-state index in [4.69, 9.17) is 5.73 Å². The Hall–Kier alpha value is -3.41. The van der Waals surface area contributed by atoms with E-state index in [2.05, 4.69) is 0 Å². The zero-order valence-electron chi connectivity index (χ0n) is 21.8. The fourth-order valence-electron chi connectivity index (χ4n) is 6.51. The molecule has 6 N–H and O–H groups in total. The molecule has 200 valence electrons. The number of phenolic OH excluding ortho intramolecular Hbond substituents is 1. The number of carbonyl (C=O) groups excluding carboxylic acids is 3. The van der Waals surface area contributed by atoms with Crippen molar-refractivity contribution in [3.63, 3.8) is 0 Å². The number of primary amides is 1. The number of amides is 1. The average Bonchev–Trinajstić information content (AvgIpc) is 2.77. The number of likely N-dealkylation sites (N-methyl/N-ethyl adjacent to an activating group) is 1. The number of rotatable bonds is 5. The maximum Gasteiger partial charge on any atom is 0.255 e. The van der Waals surface area contributed by atoms with Crippen LogP contribution in [0.15, 0.2) is 29.0 Å². The van der Waals surface area contributed by atoms with E-state index in [1.54, 1.807) is 34.3 Å². The van der Waals surface area contributed by atoms with Gasteiger partial charge in [0.05, 0.1) is 11.6 Å². The maximum absolute atomic E-state index is 14.1. The van der Waals surface area contributed by atoms with E-state index in [1.807, 2.05) is 23.9 Å². The molecule has 1 aromatic rings. The molecule has 0 bridgehead atoms. The van der Waals surface area contributed by atoms with E-state index in [-0.39, 0.29) is 29.9 Å². The Kier molecular flexibility index (Phi) is 6.38. The molecule has 1 fully saturated rings. The lowest BCUT2D eigenvalue weighted by atomic mass is 9.52. The first-order chi connectivity index (χ1) is 17.2. The van der Waals surface area contributed by atoms with Crippen molar-refractivity contribution in [2.24, 2.45) is 23.5 Å². The average molecular weight is 515 g/mol. The van der Waals surface area contributed by atoms with Crippen LogP contribution in [0, 0.1) is 17.8 Å². The third-order valence-electron chi connectivity index (χ3n) is 7.92. The normalized spacial score (nSPS) is 29.4. The van der Waals surface area contributed by atoms with E-state index >= 15 is 0 Å². The molecule has 1 aromatic carbocycles. The van der Waals surface area contributed by atoms with Crippen LogP contribution in [0.5, 0.6) is 5.75 Å². The Morgan fingerprint density at radius 1 is 1.08 bits per heavy atom. The second kappa shape index (κ2) is 8.86. The number of nitrogens with zero attached hydrogens (tertiary/aromatic N) is 3. The summed E-state index contributed by atoms with van der Waals surface area (Å²) >= 11 is 0. The number of fused-ring (bicyclic) bond motifs is 3. The molecule has 0 radical (unpaired) electrons. The molecular formula is C26H34N4O7. The predicted octanol–water partition coefficient (Wildman–Crippen LogP) is -0.182. The van der Waals surface area contributed by atoms with Crippen molar-refractivity contribution in [3.8, 4) is 5.75 Å². The van der Waals surface area contributed by atoms with E-state index < -0.39 is 64.0 Å². The quantitative estimate of drug-likeness (QED) is 0.332. The van der Waals surface area contributed by atoms with Gasteiger partial charge in [-0.1, -0.05) is 0 Å². The van der Waals surface area contributed by atoms with E-state index in [1.165, 1.54) is 11.0 Å². The molecule has 3 aliphatic carbocycles. The van der Waals surface area contributed by atoms with Gasteiger partial charge in [-0.05, 0) is 64.1 Å². The summed E-state index contributed by atoms with van der Waals surface area (Å²) in [6.45, 7) is 0.282. The number of hydrogen-bond donors (Lipinski definition) is 5. The van der Waals surface area contributed by atoms with Crippen molar-refractivity contribution < 1.29 is 34.8 Å². The summed E-state index contributed by atoms with van der Waals surface area (Å²) in [5.41, 5.74) is 3.16. The van der Waals surface area contributed by atoms with E-state index in [0.29, 0.717) is 5.56 Å². The van der Waals surface area contributed by atoms with Gasteiger partial charge in [0.1, 0.15) is 22.8 Å². The zero-order valence-corrected chi connectivity index (χ0v) is 21.8. The Balaban J connectivity index is 2.10. The number of Topliss-reactive ketones (excluding diaryl/α,β-unsaturated/α-hetero) is 2. The van der Waals surface area contributed by atoms with Gasteiger partial charge in [0, 0.05) is 37.8 Å². The molecule has 0 heterocycles. The molecule has 1 saturated carbocycles. The highest BCUT2D eigenvalue weighted by Crippen LogP contribution is 2.56. The lowest BCUT2D eigenvalue weighted by Crippen LogP contribution is -2.69. The number of nitrogens with two attached hydrogens (primary N) is 1. The van der Waals surface area contributed by atoms with Crippen molar-refractivity contribution in [1.82, 2.24) is 9.80 Å². The first-order valence-electron chi connectivity index (χ1n) is 12.0. The molecule has 0 unspecified atom stereocenters. The Labute approximate surface area is 215 Å². The molecule has 0 aliphatic heterocycles. The van der Waals surface area contributed by atoms with Gasteiger partial charge in [-0.15, -0.1) is 0 Å². The highest BCUT2D eigenvalue weighted by atomic mass is 16.3. The largest absolute Gasteiger partial charge is 0.508 e. The molecule has 4 rings (SSSR count). The minimum atomic E-state index is -2.69. The minimum Gasteiger partial charge on any atom is -0.508 e. The summed E-state index contributed by atoms with van der Waals surface area (Å²) in [6.07, 6.45) is 0.231. The van der Waals surface area contributed by atoms with E-state index in [9.17, 15) is 34.8 Å². The third kappa shape index (κ3) is 3.64. The molecule has 1 amide bonds. The number of aromatic hydroxyl groups is 1.